The van der Waals surface area contributed by atoms with Gasteiger partial charge in [-0.25, -0.2) is 14.0 Å². The van der Waals surface area contributed by atoms with E-state index in [1.807, 2.05) is 0 Å². The van der Waals surface area contributed by atoms with Crippen molar-refractivity contribution in [3.05, 3.63) is 37.7 Å². The number of nitrogens with zero attached hydrogens (tertiary/aromatic N) is 3. The molecule has 0 spiro atoms. The van der Waals surface area contributed by atoms with Gasteiger partial charge in [0.05, 0.1) is 21.6 Å². The van der Waals surface area contributed by atoms with Crippen LogP contribution in [0.5, 0.6) is 0 Å². The topological polar surface area (TPSA) is 137 Å². The van der Waals surface area contributed by atoms with Gasteiger partial charge in [-0.2, -0.15) is 17.8 Å². The molecule has 0 bridgehead atoms. The number of aromatic nitrogens is 2. The Labute approximate surface area is 177 Å². The summed E-state index contributed by atoms with van der Waals surface area (Å²) in [4.78, 5) is 35.3. The molecule has 1 atom stereocenters. The molecule has 1 unspecified atom stereocenters. The lowest BCUT2D eigenvalue weighted by molar-refractivity contribution is -0.192. The number of aliphatic carboxylic acids is 1. The highest BCUT2D eigenvalue weighted by atomic mass is 35.5. The second-order valence-electron chi connectivity index (χ2n) is 7.14. The number of carboxylic acid groups (broad SMARTS) is 1. The van der Waals surface area contributed by atoms with Crippen LogP contribution in [0.2, 0.25) is 5.02 Å². The largest absolute Gasteiger partial charge is 0.490 e. The first kappa shape index (κ1) is 24.5. The summed E-state index contributed by atoms with van der Waals surface area (Å²) < 4.78 is 48.2. The van der Waals surface area contributed by atoms with Crippen molar-refractivity contribution in [2.45, 2.75) is 38.5 Å². The van der Waals surface area contributed by atoms with Crippen molar-refractivity contribution in [1.29, 1.82) is 0 Å². The molecule has 1 saturated heterocycles. The summed E-state index contributed by atoms with van der Waals surface area (Å²) in [6.07, 6.45) is -4.37. The highest BCUT2D eigenvalue weighted by Gasteiger charge is 2.38. The molecule has 1 aliphatic rings. The van der Waals surface area contributed by atoms with E-state index in [1.54, 1.807) is 18.7 Å². The lowest BCUT2D eigenvalue weighted by atomic mass is 10.1. The molecule has 2 aromatic rings. The zero-order chi connectivity index (χ0) is 23.8. The quantitative estimate of drug-likeness (QED) is 0.447. The van der Waals surface area contributed by atoms with Crippen molar-refractivity contribution in [2.24, 2.45) is 5.73 Å². The molecule has 1 aromatic carbocycles. The molecule has 0 aliphatic carbocycles. The number of hydrogen-bond donors (Lipinski definition) is 3. The van der Waals surface area contributed by atoms with Crippen molar-refractivity contribution in [1.82, 2.24) is 9.24 Å². The van der Waals surface area contributed by atoms with Crippen LogP contribution in [0.15, 0.2) is 15.7 Å². The third kappa shape index (κ3) is 4.77. The average Bonchev–Trinajstić information content (AvgIpc) is 3.06. The molecule has 14 heteroatoms. The minimum absolute atomic E-state index is 0.0273. The molecule has 0 radical (unpaired) electrons. The Kier molecular flexibility index (Phi) is 6.90. The van der Waals surface area contributed by atoms with E-state index in [1.165, 1.54) is 4.57 Å². The van der Waals surface area contributed by atoms with Gasteiger partial charge in [-0.3, -0.25) is 9.36 Å². The van der Waals surface area contributed by atoms with E-state index >= 15 is 0 Å². The number of halogens is 5. The molecule has 1 fully saturated rings. The Bertz CT molecular complexity index is 1130. The Morgan fingerprint density at radius 1 is 1.32 bits per heavy atom. The molecule has 2 heterocycles. The standard InChI is InChI=1S/C15H19ClFN5O2.C2HF3O2/c1-7(2)21-12-9(14(23)22(19)15(21)24)5-10(17)13(11(12)16)20-4-3-8(18)6-20;3-2(4,5)1(6)7/h5,7-8H,3-4,6,18-19H2,1-2H3;(H,6,7). The third-order valence-electron chi connectivity index (χ3n) is 4.57. The first-order valence-electron chi connectivity index (χ1n) is 8.93. The van der Waals surface area contributed by atoms with Gasteiger partial charge in [0.25, 0.3) is 5.56 Å². The molecule has 31 heavy (non-hydrogen) atoms. The number of carboxylic acids is 1. The van der Waals surface area contributed by atoms with Gasteiger partial charge in [-0.15, -0.1) is 0 Å². The number of nitrogens with two attached hydrogens (primary N) is 2. The summed E-state index contributed by atoms with van der Waals surface area (Å²) in [6, 6.07) is 0.706. The molecule has 1 aromatic heterocycles. The van der Waals surface area contributed by atoms with Crippen molar-refractivity contribution in [3.63, 3.8) is 0 Å². The van der Waals surface area contributed by atoms with Crippen molar-refractivity contribution >= 4 is 34.2 Å². The van der Waals surface area contributed by atoms with E-state index in [2.05, 4.69) is 0 Å². The van der Waals surface area contributed by atoms with E-state index in [-0.39, 0.29) is 33.7 Å². The van der Waals surface area contributed by atoms with Crippen LogP contribution < -0.4 is 27.7 Å². The summed E-state index contributed by atoms with van der Waals surface area (Å²) in [5, 5.41) is 7.13. The number of anilines is 1. The van der Waals surface area contributed by atoms with Gasteiger partial charge in [-0.05, 0) is 26.3 Å². The zero-order valence-corrected chi connectivity index (χ0v) is 17.2. The summed E-state index contributed by atoms with van der Waals surface area (Å²) >= 11 is 6.45. The monoisotopic (exact) mass is 469 g/mol. The number of alkyl halides is 3. The van der Waals surface area contributed by atoms with Crippen LogP contribution in [-0.4, -0.2) is 45.6 Å². The van der Waals surface area contributed by atoms with Crippen LogP contribution >= 0.6 is 11.6 Å². The highest BCUT2D eigenvalue weighted by Crippen LogP contribution is 2.36. The van der Waals surface area contributed by atoms with Crippen LogP contribution in [0.25, 0.3) is 10.9 Å². The van der Waals surface area contributed by atoms with E-state index in [0.29, 0.717) is 17.8 Å². The average molecular weight is 470 g/mol. The summed E-state index contributed by atoms with van der Waals surface area (Å²) in [5.74, 6) is 2.15. The van der Waals surface area contributed by atoms with Crippen LogP contribution in [0.3, 0.4) is 0 Å². The summed E-state index contributed by atoms with van der Waals surface area (Å²) in [5.41, 5.74) is 4.78. The number of benzene rings is 1. The molecule has 0 saturated carbocycles. The molecule has 172 valence electrons. The SMILES string of the molecule is CC(C)n1c(=O)n(N)c(=O)c2cc(F)c(N3CCC(N)C3)c(Cl)c21.O=C(O)C(F)(F)F. The maximum atomic E-state index is 14.7. The maximum Gasteiger partial charge on any atom is 0.490 e. The molecule has 1 aliphatic heterocycles. The second kappa shape index (κ2) is 8.75. The molecular weight excluding hydrogens is 450 g/mol. The van der Waals surface area contributed by atoms with Crippen LogP contribution in [0.4, 0.5) is 23.2 Å². The fourth-order valence-electron chi connectivity index (χ4n) is 3.18. The molecule has 9 nitrogen and oxygen atoms in total. The highest BCUT2D eigenvalue weighted by molar-refractivity contribution is 6.38. The lowest BCUT2D eigenvalue weighted by Crippen LogP contribution is -2.45. The first-order valence-corrected chi connectivity index (χ1v) is 9.31. The van der Waals surface area contributed by atoms with Gasteiger partial charge in [0.2, 0.25) is 0 Å². The second-order valence-corrected chi connectivity index (χ2v) is 7.51. The van der Waals surface area contributed by atoms with Crippen molar-refractivity contribution in [3.8, 4) is 0 Å². The maximum absolute atomic E-state index is 14.7. The Balaban J connectivity index is 0.000000423. The normalized spacial score (nSPS) is 16.5. The fourth-order valence-corrected chi connectivity index (χ4v) is 3.59. The van der Waals surface area contributed by atoms with E-state index in [4.69, 9.17) is 33.1 Å². The molecule has 0 amide bonds. The van der Waals surface area contributed by atoms with E-state index in [9.17, 15) is 27.2 Å². The number of hydrogen-bond acceptors (Lipinski definition) is 6. The van der Waals surface area contributed by atoms with Crippen molar-refractivity contribution in [2.75, 3.05) is 23.8 Å². The minimum atomic E-state index is -5.08. The Morgan fingerprint density at radius 2 is 1.87 bits per heavy atom. The summed E-state index contributed by atoms with van der Waals surface area (Å²) in [7, 11) is 0. The van der Waals surface area contributed by atoms with Gasteiger partial charge in [0, 0.05) is 25.2 Å². The minimum Gasteiger partial charge on any atom is -0.475 e. The predicted octanol–water partition coefficient (Wildman–Crippen LogP) is 1.42. The zero-order valence-electron chi connectivity index (χ0n) is 16.4. The number of nitrogen functional groups attached to an aromatic ring is 1. The number of fused-ring (bicyclic) bond motifs is 1. The lowest BCUT2D eigenvalue weighted by Gasteiger charge is -2.23. The summed E-state index contributed by atoms with van der Waals surface area (Å²) in [6.45, 7) is 4.54. The van der Waals surface area contributed by atoms with Gasteiger partial charge < -0.3 is 21.6 Å². The third-order valence-corrected chi connectivity index (χ3v) is 4.93. The first-order chi connectivity index (χ1) is 14.2. The van der Waals surface area contributed by atoms with E-state index < -0.39 is 29.2 Å². The van der Waals surface area contributed by atoms with E-state index in [0.717, 1.165) is 12.5 Å². The molecular formula is C17H20ClF4N5O4. The van der Waals surface area contributed by atoms with Crippen LogP contribution in [-0.2, 0) is 4.79 Å². The molecule has 5 N–H and O–H groups in total. The fraction of sp³-hybridized carbons (Fsp3) is 0.471. The Morgan fingerprint density at radius 3 is 2.29 bits per heavy atom. The van der Waals surface area contributed by atoms with Gasteiger partial charge >= 0.3 is 17.8 Å². The van der Waals surface area contributed by atoms with Crippen molar-refractivity contribution < 1.29 is 27.5 Å². The van der Waals surface area contributed by atoms with Crippen LogP contribution in [0, 0.1) is 5.82 Å². The number of carbonyl (C=O) groups is 1. The van der Waals surface area contributed by atoms with Crippen LogP contribution in [0.1, 0.15) is 26.3 Å². The smallest absolute Gasteiger partial charge is 0.475 e. The van der Waals surface area contributed by atoms with Gasteiger partial charge in [-0.1, -0.05) is 11.6 Å². The van der Waals surface area contributed by atoms with Gasteiger partial charge in [0.15, 0.2) is 0 Å². The molecule has 3 rings (SSSR count). The van der Waals surface area contributed by atoms with Gasteiger partial charge in [0.1, 0.15) is 5.82 Å². The predicted molar refractivity (Wildman–Crippen MR) is 106 cm³/mol. The number of rotatable bonds is 2. The Hall–Kier alpha value is -2.80.